The highest BCUT2D eigenvalue weighted by atomic mass is 16.4. The van der Waals surface area contributed by atoms with Crippen LogP contribution in [0.3, 0.4) is 0 Å². The van der Waals surface area contributed by atoms with Crippen LogP contribution in [0.1, 0.15) is 18.4 Å². The van der Waals surface area contributed by atoms with Crippen molar-refractivity contribution in [1.82, 2.24) is 9.97 Å². The maximum atomic E-state index is 8.80. The summed E-state index contributed by atoms with van der Waals surface area (Å²) >= 11 is 0. The Labute approximate surface area is 114 Å². The second-order valence-corrected chi connectivity index (χ2v) is 4.03. The molecule has 2 rings (SSSR count). The number of dihydropyridines is 1. The van der Waals surface area contributed by atoms with Crippen LogP contribution in [0.5, 0.6) is 0 Å². The minimum Gasteiger partial charge on any atom is -0.409 e. The second-order valence-electron chi connectivity index (χ2n) is 4.03. The molecule has 100 valence electrons. The zero-order valence-corrected chi connectivity index (χ0v) is 10.6. The van der Waals surface area contributed by atoms with Gasteiger partial charge in [0, 0.05) is 23.9 Å². The van der Waals surface area contributed by atoms with Crippen LogP contribution in [0.2, 0.25) is 0 Å². The maximum absolute atomic E-state index is 8.80. The van der Waals surface area contributed by atoms with E-state index in [2.05, 4.69) is 20.1 Å². The minimum atomic E-state index is -0.149. The van der Waals surface area contributed by atoms with E-state index in [-0.39, 0.29) is 29.4 Å². The van der Waals surface area contributed by atoms with Gasteiger partial charge in [0.05, 0.1) is 5.70 Å². The van der Waals surface area contributed by atoms with E-state index in [0.717, 1.165) is 0 Å². The Morgan fingerprint density at radius 2 is 2.30 bits per heavy atom. The normalized spacial score (nSPS) is 17.1. The largest absolute Gasteiger partial charge is 0.409 e. The molecule has 0 spiro atoms. The first kappa shape index (κ1) is 13.4. The summed E-state index contributed by atoms with van der Waals surface area (Å²) in [6, 6.07) is 3.43. The van der Waals surface area contributed by atoms with Gasteiger partial charge in [0.2, 0.25) is 5.84 Å². The van der Waals surface area contributed by atoms with Crippen LogP contribution in [0.15, 0.2) is 33.7 Å². The number of rotatable bonds is 2. The van der Waals surface area contributed by atoms with Gasteiger partial charge in [-0.15, -0.1) is 0 Å². The molecule has 8 nitrogen and oxygen atoms in total. The van der Waals surface area contributed by atoms with Gasteiger partial charge in [0.1, 0.15) is 23.3 Å². The lowest BCUT2D eigenvalue weighted by molar-refractivity contribution is 0.319. The van der Waals surface area contributed by atoms with Crippen LogP contribution in [0.4, 0.5) is 0 Å². The molecule has 0 unspecified atom stereocenters. The Bertz CT molecular complexity index is 709. The monoisotopic (exact) mass is 269 g/mol. The number of hydrogen-bond acceptors (Lipinski definition) is 7. The van der Waals surface area contributed by atoms with Crippen molar-refractivity contribution in [3.05, 3.63) is 35.1 Å². The van der Waals surface area contributed by atoms with Crippen molar-refractivity contribution in [2.75, 3.05) is 0 Å². The van der Waals surface area contributed by atoms with E-state index in [1.54, 1.807) is 6.92 Å². The predicted molar refractivity (Wildman–Crippen MR) is 71.7 cm³/mol. The number of allylic oxidation sites excluding steroid dienone is 1. The van der Waals surface area contributed by atoms with Crippen LogP contribution in [-0.4, -0.2) is 32.4 Å². The molecule has 0 saturated heterocycles. The van der Waals surface area contributed by atoms with Gasteiger partial charge in [-0.25, -0.2) is 15.0 Å². The number of nitrogens with one attached hydrogen (secondary N) is 1. The number of nitrogens with zero attached hydrogens (tertiary/aromatic N) is 5. The minimum absolute atomic E-state index is 0.129. The van der Waals surface area contributed by atoms with E-state index in [9.17, 15) is 0 Å². The molecule has 20 heavy (non-hydrogen) atoms. The number of aromatic nitrogens is 2. The molecular formula is C12H11N7O. The van der Waals surface area contributed by atoms with E-state index < -0.39 is 0 Å². The Balaban J connectivity index is 2.38. The number of nitrogens with two attached hydrogens (primary N) is 1. The molecule has 8 heteroatoms. The lowest BCUT2D eigenvalue weighted by Gasteiger charge is -2.16. The Morgan fingerprint density at radius 3 is 2.95 bits per heavy atom. The molecule has 0 amide bonds. The van der Waals surface area contributed by atoms with Gasteiger partial charge in [-0.3, -0.25) is 5.41 Å². The smallest absolute Gasteiger partial charge is 0.218 e. The topological polar surface area (TPSA) is 144 Å². The van der Waals surface area contributed by atoms with Gasteiger partial charge >= 0.3 is 0 Å². The third kappa shape index (κ3) is 2.37. The van der Waals surface area contributed by atoms with Crippen molar-refractivity contribution in [3.8, 4) is 6.07 Å². The highest BCUT2D eigenvalue weighted by molar-refractivity contribution is 6.50. The first-order chi connectivity index (χ1) is 9.56. The van der Waals surface area contributed by atoms with Crippen molar-refractivity contribution >= 4 is 17.3 Å². The fourth-order valence-electron chi connectivity index (χ4n) is 1.75. The molecule has 1 aliphatic heterocycles. The molecule has 1 aliphatic rings. The summed E-state index contributed by atoms with van der Waals surface area (Å²) in [6.07, 6.45) is 1.73. The predicted octanol–water partition coefficient (Wildman–Crippen LogP) is 0.386. The fourth-order valence-corrected chi connectivity index (χ4v) is 1.75. The lowest BCUT2D eigenvalue weighted by Crippen LogP contribution is -2.29. The number of nitriles is 1. The van der Waals surface area contributed by atoms with Crippen LogP contribution in [0.25, 0.3) is 0 Å². The second kappa shape index (κ2) is 5.27. The highest BCUT2D eigenvalue weighted by Gasteiger charge is 2.23. The number of hydrogen-bond donors (Lipinski definition) is 3. The molecular weight excluding hydrogens is 258 g/mol. The summed E-state index contributed by atoms with van der Waals surface area (Å²) < 4.78 is 0. The van der Waals surface area contributed by atoms with Crippen molar-refractivity contribution < 1.29 is 5.21 Å². The Hall–Kier alpha value is -3.08. The summed E-state index contributed by atoms with van der Waals surface area (Å²) in [5.41, 5.74) is 7.24. The third-order valence-corrected chi connectivity index (χ3v) is 2.78. The first-order valence-corrected chi connectivity index (χ1v) is 5.64. The summed E-state index contributed by atoms with van der Waals surface area (Å²) in [7, 11) is 0. The van der Waals surface area contributed by atoms with Crippen LogP contribution >= 0.6 is 0 Å². The van der Waals surface area contributed by atoms with Crippen LogP contribution < -0.4 is 5.73 Å². The van der Waals surface area contributed by atoms with Gasteiger partial charge in [0.25, 0.3) is 0 Å². The molecule has 2 heterocycles. The standard InChI is InChI=1S/C12H11N7O/c1-6-8(10(14)11(15)12(17-6)19-20)4-9-16-3-2-7(5-13)18-9/h2-3,15,20H,4,14H2,1H3/b15-11?,19-12+. The number of aliphatic imine (C=N–C) groups is 1. The van der Waals surface area contributed by atoms with Crippen LogP contribution in [-0.2, 0) is 6.42 Å². The van der Waals surface area contributed by atoms with E-state index in [1.165, 1.54) is 12.3 Å². The quantitative estimate of drug-likeness (QED) is 0.525. The average molecular weight is 269 g/mol. The molecule has 0 radical (unpaired) electrons. The van der Waals surface area contributed by atoms with E-state index in [4.69, 9.17) is 21.6 Å². The van der Waals surface area contributed by atoms with Gasteiger partial charge in [-0.1, -0.05) is 5.16 Å². The third-order valence-electron chi connectivity index (χ3n) is 2.78. The van der Waals surface area contributed by atoms with Crippen molar-refractivity contribution in [2.24, 2.45) is 15.9 Å². The molecule has 0 atom stereocenters. The molecule has 0 saturated carbocycles. The molecule has 4 N–H and O–H groups in total. The highest BCUT2D eigenvalue weighted by Crippen LogP contribution is 2.15. The molecule has 0 aliphatic carbocycles. The van der Waals surface area contributed by atoms with E-state index in [1.807, 2.05) is 6.07 Å². The summed E-state index contributed by atoms with van der Waals surface area (Å²) in [6.45, 7) is 1.69. The van der Waals surface area contributed by atoms with Crippen molar-refractivity contribution in [2.45, 2.75) is 13.3 Å². The molecule has 0 fully saturated rings. The number of oxime groups is 1. The van der Waals surface area contributed by atoms with Gasteiger partial charge in [-0.05, 0) is 13.0 Å². The SMILES string of the molecule is CC1=N/C(=N/O)C(=N)C(N)=C1Cc1nccc(C#N)n1. The molecule has 1 aromatic rings. The number of amidine groups is 1. The first-order valence-electron chi connectivity index (χ1n) is 5.64. The Kier molecular flexibility index (Phi) is 3.52. The van der Waals surface area contributed by atoms with Gasteiger partial charge in [-0.2, -0.15) is 5.26 Å². The van der Waals surface area contributed by atoms with Gasteiger partial charge in [0.15, 0.2) is 0 Å². The van der Waals surface area contributed by atoms with Crippen LogP contribution in [0, 0.1) is 16.7 Å². The van der Waals surface area contributed by atoms with Crippen molar-refractivity contribution in [3.63, 3.8) is 0 Å². The maximum Gasteiger partial charge on any atom is 0.218 e. The summed E-state index contributed by atoms with van der Waals surface area (Å²) in [4.78, 5) is 12.1. The average Bonchev–Trinajstić information content (AvgIpc) is 2.47. The lowest BCUT2D eigenvalue weighted by atomic mass is 9.99. The molecule has 1 aromatic heterocycles. The zero-order valence-electron chi connectivity index (χ0n) is 10.6. The molecule has 0 aromatic carbocycles. The van der Waals surface area contributed by atoms with E-state index >= 15 is 0 Å². The van der Waals surface area contributed by atoms with Crippen molar-refractivity contribution in [1.29, 1.82) is 10.7 Å². The zero-order chi connectivity index (χ0) is 14.7. The fraction of sp³-hybridized carbons (Fsp3) is 0.167. The summed E-state index contributed by atoms with van der Waals surface area (Å²) in [5.74, 6) is 0.282. The Morgan fingerprint density at radius 1 is 1.55 bits per heavy atom. The van der Waals surface area contributed by atoms with Gasteiger partial charge < -0.3 is 10.9 Å². The molecule has 0 bridgehead atoms. The van der Waals surface area contributed by atoms with E-state index in [0.29, 0.717) is 17.1 Å². The summed E-state index contributed by atoms with van der Waals surface area (Å²) in [5, 5.41) is 28.2.